The molecule has 0 saturated carbocycles. The molecule has 1 aromatic heterocycles. The predicted molar refractivity (Wildman–Crippen MR) is 98.5 cm³/mol. The molecule has 28 heavy (non-hydrogen) atoms. The lowest BCUT2D eigenvalue weighted by Crippen LogP contribution is -2.34. The van der Waals surface area contributed by atoms with Crippen molar-refractivity contribution in [2.24, 2.45) is 5.92 Å². The first-order chi connectivity index (χ1) is 13.2. The number of thiazole rings is 1. The number of hydrogen-bond donors (Lipinski definition) is 1. The van der Waals surface area contributed by atoms with Crippen LogP contribution in [0.3, 0.4) is 0 Å². The molecule has 1 aromatic carbocycles. The molecule has 0 radical (unpaired) electrons. The number of aromatic nitrogens is 1. The van der Waals surface area contributed by atoms with Gasteiger partial charge in [-0.05, 0) is 24.6 Å². The third-order valence-corrected chi connectivity index (χ3v) is 5.54. The Balaban J connectivity index is 1.52. The van der Waals surface area contributed by atoms with Crippen LogP contribution < -0.4 is 5.32 Å². The van der Waals surface area contributed by atoms with Gasteiger partial charge in [0.05, 0.1) is 16.5 Å². The number of alkyl halides is 3. The second-order valence-electron chi connectivity index (χ2n) is 6.80. The highest BCUT2D eigenvalue weighted by atomic mass is 32.1. The highest BCUT2D eigenvalue weighted by Gasteiger charge is 2.35. The van der Waals surface area contributed by atoms with Crippen LogP contribution in [0.1, 0.15) is 28.2 Å². The van der Waals surface area contributed by atoms with E-state index in [9.17, 15) is 22.8 Å². The lowest BCUT2D eigenvalue weighted by molar-refractivity contribution is -0.137. The normalized spacial score (nSPS) is 17.2. The Hall–Kier alpha value is -2.42. The molecule has 9 heteroatoms. The quantitative estimate of drug-likeness (QED) is 0.794. The first-order valence-corrected chi connectivity index (χ1v) is 9.73. The lowest BCUT2D eigenvalue weighted by Gasteiger charge is -2.17. The largest absolute Gasteiger partial charge is 0.416 e. The van der Waals surface area contributed by atoms with Gasteiger partial charge in [-0.25, -0.2) is 4.98 Å². The Morgan fingerprint density at radius 2 is 2.18 bits per heavy atom. The number of hydrogen-bond acceptors (Lipinski definition) is 4. The van der Waals surface area contributed by atoms with E-state index in [1.807, 2.05) is 12.3 Å². The van der Waals surface area contributed by atoms with Gasteiger partial charge in [-0.1, -0.05) is 12.1 Å². The maximum absolute atomic E-state index is 12.8. The average molecular weight is 411 g/mol. The summed E-state index contributed by atoms with van der Waals surface area (Å²) >= 11 is 1.53. The summed E-state index contributed by atoms with van der Waals surface area (Å²) in [6, 6.07) is 4.90. The lowest BCUT2D eigenvalue weighted by atomic mass is 10.1. The first kappa shape index (κ1) is 20.3. The van der Waals surface area contributed by atoms with E-state index in [2.05, 4.69) is 10.3 Å². The summed E-state index contributed by atoms with van der Waals surface area (Å²) in [5.41, 5.74) is 0.588. The number of aryl methyl sites for hydroxylation is 1. The number of rotatable bonds is 6. The summed E-state index contributed by atoms with van der Waals surface area (Å²) in [6.45, 7) is 2.61. The fraction of sp³-hybridized carbons (Fsp3) is 0.421. The van der Waals surface area contributed by atoms with Gasteiger partial charge in [0.15, 0.2) is 0 Å². The van der Waals surface area contributed by atoms with E-state index in [-0.39, 0.29) is 31.3 Å². The van der Waals surface area contributed by atoms with Crippen LogP contribution in [0, 0.1) is 12.8 Å². The fourth-order valence-electron chi connectivity index (χ4n) is 3.12. The molecule has 0 bridgehead atoms. The standard InChI is InChI=1S/C19H20F3N3O2S/c1-12-11-28-16(24-12)5-6-23-18(27)14-8-17(26)25(10-14)9-13-3-2-4-15(7-13)19(20,21)22/h2-4,7,11,14H,5-6,8-10H2,1H3,(H,23,27). The Morgan fingerprint density at radius 1 is 1.39 bits per heavy atom. The summed E-state index contributed by atoms with van der Waals surface area (Å²) < 4.78 is 38.5. The Kier molecular flexibility index (Phi) is 6.02. The molecule has 150 valence electrons. The molecule has 1 aliphatic heterocycles. The summed E-state index contributed by atoms with van der Waals surface area (Å²) in [5, 5.41) is 5.70. The molecular formula is C19H20F3N3O2S. The maximum Gasteiger partial charge on any atom is 0.416 e. The van der Waals surface area contributed by atoms with Crippen LogP contribution in [0.25, 0.3) is 0 Å². The zero-order chi connectivity index (χ0) is 20.3. The van der Waals surface area contributed by atoms with Gasteiger partial charge < -0.3 is 10.2 Å². The van der Waals surface area contributed by atoms with Crippen molar-refractivity contribution < 1.29 is 22.8 Å². The minimum atomic E-state index is -4.43. The summed E-state index contributed by atoms with van der Waals surface area (Å²) in [6.07, 6.45) is -3.73. The van der Waals surface area contributed by atoms with Crippen molar-refractivity contribution in [3.8, 4) is 0 Å². The monoisotopic (exact) mass is 411 g/mol. The maximum atomic E-state index is 12.8. The smallest absolute Gasteiger partial charge is 0.355 e. The minimum absolute atomic E-state index is 0.0604. The van der Waals surface area contributed by atoms with Crippen LogP contribution in [0.4, 0.5) is 13.2 Å². The van der Waals surface area contributed by atoms with E-state index in [0.29, 0.717) is 18.5 Å². The molecule has 0 aliphatic carbocycles. The van der Waals surface area contributed by atoms with Gasteiger partial charge >= 0.3 is 6.18 Å². The molecular weight excluding hydrogens is 391 g/mol. The molecule has 1 fully saturated rings. The topological polar surface area (TPSA) is 62.3 Å². The van der Waals surface area contributed by atoms with Crippen LogP contribution in [-0.2, 0) is 28.7 Å². The number of benzene rings is 1. The van der Waals surface area contributed by atoms with Gasteiger partial charge in [-0.2, -0.15) is 13.2 Å². The van der Waals surface area contributed by atoms with Crippen LogP contribution in [0.15, 0.2) is 29.6 Å². The third-order valence-electron chi connectivity index (χ3n) is 4.52. The second-order valence-corrected chi connectivity index (χ2v) is 7.74. The van der Waals surface area contributed by atoms with E-state index >= 15 is 0 Å². The van der Waals surface area contributed by atoms with E-state index in [0.717, 1.165) is 22.8 Å². The summed E-state index contributed by atoms with van der Waals surface area (Å²) in [7, 11) is 0. The molecule has 1 N–H and O–H groups in total. The molecule has 1 unspecified atom stereocenters. The van der Waals surface area contributed by atoms with Gasteiger partial charge in [-0.15, -0.1) is 11.3 Å². The number of nitrogens with one attached hydrogen (secondary N) is 1. The van der Waals surface area contributed by atoms with Crippen molar-refractivity contribution in [2.45, 2.75) is 32.5 Å². The number of nitrogens with zero attached hydrogens (tertiary/aromatic N) is 2. The van der Waals surface area contributed by atoms with E-state index in [4.69, 9.17) is 0 Å². The van der Waals surface area contributed by atoms with Crippen molar-refractivity contribution in [2.75, 3.05) is 13.1 Å². The Labute approximate surface area is 164 Å². The molecule has 2 aromatic rings. The molecule has 0 spiro atoms. The van der Waals surface area contributed by atoms with Crippen LogP contribution in [0.5, 0.6) is 0 Å². The highest BCUT2D eigenvalue weighted by Crippen LogP contribution is 2.30. The second kappa shape index (κ2) is 8.30. The van der Waals surface area contributed by atoms with Gasteiger partial charge in [0.25, 0.3) is 0 Å². The number of halogens is 3. The molecule has 5 nitrogen and oxygen atoms in total. The molecule has 2 heterocycles. The Morgan fingerprint density at radius 3 is 2.86 bits per heavy atom. The molecule has 1 aliphatic rings. The van der Waals surface area contributed by atoms with Crippen molar-refractivity contribution in [1.82, 2.24) is 15.2 Å². The third kappa shape index (κ3) is 5.09. The van der Waals surface area contributed by atoms with Crippen LogP contribution >= 0.6 is 11.3 Å². The van der Waals surface area contributed by atoms with E-state index in [1.54, 1.807) is 6.07 Å². The van der Waals surface area contributed by atoms with E-state index in [1.165, 1.54) is 22.3 Å². The zero-order valence-electron chi connectivity index (χ0n) is 15.3. The SMILES string of the molecule is Cc1csc(CCNC(=O)C2CC(=O)N(Cc3cccc(C(F)(F)F)c3)C2)n1. The van der Waals surface area contributed by atoms with Gasteiger partial charge in [0.1, 0.15) is 0 Å². The van der Waals surface area contributed by atoms with Gasteiger partial charge in [-0.3, -0.25) is 9.59 Å². The zero-order valence-corrected chi connectivity index (χ0v) is 16.1. The minimum Gasteiger partial charge on any atom is -0.355 e. The summed E-state index contributed by atoms with van der Waals surface area (Å²) in [5.74, 6) is -0.933. The predicted octanol–water partition coefficient (Wildman–Crippen LogP) is 3.18. The molecule has 3 rings (SSSR count). The number of amides is 2. The Bertz CT molecular complexity index is 866. The van der Waals surface area contributed by atoms with Crippen molar-refractivity contribution in [3.05, 3.63) is 51.5 Å². The fourth-order valence-corrected chi connectivity index (χ4v) is 3.90. The van der Waals surface area contributed by atoms with Gasteiger partial charge in [0.2, 0.25) is 11.8 Å². The number of carbonyl (C=O) groups is 2. The summed E-state index contributed by atoms with van der Waals surface area (Å²) in [4.78, 5) is 30.3. The van der Waals surface area contributed by atoms with Crippen LogP contribution in [0.2, 0.25) is 0 Å². The number of likely N-dealkylation sites (tertiary alicyclic amines) is 1. The molecule has 1 saturated heterocycles. The highest BCUT2D eigenvalue weighted by molar-refractivity contribution is 7.09. The number of carbonyl (C=O) groups excluding carboxylic acids is 2. The average Bonchev–Trinajstić information content (AvgIpc) is 3.20. The van der Waals surface area contributed by atoms with Crippen molar-refractivity contribution >= 4 is 23.2 Å². The van der Waals surface area contributed by atoms with Gasteiger partial charge in [0, 0.05) is 43.5 Å². The van der Waals surface area contributed by atoms with Crippen LogP contribution in [-0.4, -0.2) is 34.8 Å². The first-order valence-electron chi connectivity index (χ1n) is 8.85. The van der Waals surface area contributed by atoms with Crippen molar-refractivity contribution in [1.29, 1.82) is 0 Å². The molecule has 1 atom stereocenters. The van der Waals surface area contributed by atoms with Crippen molar-refractivity contribution in [3.63, 3.8) is 0 Å². The molecule has 2 amide bonds. The van der Waals surface area contributed by atoms with E-state index < -0.39 is 17.7 Å².